The Kier molecular flexibility index (Phi) is 5.25. The number of rotatable bonds is 6. The number of amides is 1. The van der Waals surface area contributed by atoms with Crippen LogP contribution in [0.5, 0.6) is 0 Å². The zero-order valence-electron chi connectivity index (χ0n) is 9.57. The van der Waals surface area contributed by atoms with E-state index in [0.29, 0.717) is 18.4 Å². The molecule has 0 saturated heterocycles. The van der Waals surface area contributed by atoms with Crippen LogP contribution in [0.4, 0.5) is 0 Å². The van der Waals surface area contributed by atoms with Gasteiger partial charge in [-0.15, -0.1) is 0 Å². The highest BCUT2D eigenvalue weighted by Gasteiger charge is 2.23. The van der Waals surface area contributed by atoms with Crippen molar-refractivity contribution in [2.24, 2.45) is 11.8 Å². The Bertz CT molecular complexity index is 254. The highest BCUT2D eigenvalue weighted by molar-refractivity contribution is 5.77. The number of carboxylic acid groups (broad SMARTS) is 1. The van der Waals surface area contributed by atoms with Crippen molar-refractivity contribution in [2.45, 2.75) is 26.2 Å². The fourth-order valence-corrected chi connectivity index (χ4v) is 2.05. The molecule has 1 aliphatic carbocycles. The maximum atomic E-state index is 11.3. The van der Waals surface area contributed by atoms with Gasteiger partial charge in [0.15, 0.2) is 0 Å². The molecule has 2 N–H and O–H groups in total. The van der Waals surface area contributed by atoms with Gasteiger partial charge in [0.2, 0.25) is 5.91 Å². The summed E-state index contributed by atoms with van der Waals surface area (Å²) in [6.45, 7) is 2.28. The Hall–Kier alpha value is -1.10. The van der Waals surface area contributed by atoms with Crippen LogP contribution in [-0.2, 0) is 14.3 Å². The number of aliphatic carboxylic acids is 1. The second-order valence-corrected chi connectivity index (χ2v) is 4.36. The normalized spacial score (nSPS) is 24.3. The van der Waals surface area contributed by atoms with Gasteiger partial charge in [0.25, 0.3) is 0 Å². The molecule has 16 heavy (non-hydrogen) atoms. The standard InChI is InChI=1S/C11H19NO4/c1-8-3-2-4-9(8)5-12-10(13)6-16-7-11(14)15/h8-9H,2-7H2,1H3,(H,12,13)(H,14,15). The van der Waals surface area contributed by atoms with E-state index in [-0.39, 0.29) is 12.5 Å². The average molecular weight is 229 g/mol. The molecule has 1 fully saturated rings. The number of hydrogen-bond acceptors (Lipinski definition) is 3. The molecule has 0 radical (unpaired) electrons. The first-order valence-electron chi connectivity index (χ1n) is 5.66. The molecule has 1 rings (SSSR count). The van der Waals surface area contributed by atoms with Gasteiger partial charge in [-0.2, -0.15) is 0 Å². The van der Waals surface area contributed by atoms with Gasteiger partial charge in [0.05, 0.1) is 0 Å². The lowest BCUT2D eigenvalue weighted by atomic mass is 9.98. The molecule has 1 amide bonds. The van der Waals surface area contributed by atoms with Gasteiger partial charge in [-0.25, -0.2) is 4.79 Å². The predicted octanol–water partition coefficient (Wildman–Crippen LogP) is 0.640. The summed E-state index contributed by atoms with van der Waals surface area (Å²) >= 11 is 0. The Morgan fingerprint density at radius 3 is 2.69 bits per heavy atom. The number of ether oxygens (including phenoxy) is 1. The van der Waals surface area contributed by atoms with Gasteiger partial charge < -0.3 is 15.2 Å². The highest BCUT2D eigenvalue weighted by Crippen LogP contribution is 2.30. The van der Waals surface area contributed by atoms with E-state index >= 15 is 0 Å². The molecule has 0 heterocycles. The molecule has 2 atom stereocenters. The second-order valence-electron chi connectivity index (χ2n) is 4.36. The van der Waals surface area contributed by atoms with Crippen molar-refractivity contribution in [1.82, 2.24) is 5.32 Å². The molecule has 2 unspecified atom stereocenters. The van der Waals surface area contributed by atoms with Crippen molar-refractivity contribution in [2.75, 3.05) is 19.8 Å². The Morgan fingerprint density at radius 2 is 2.12 bits per heavy atom. The summed E-state index contributed by atoms with van der Waals surface area (Å²) in [5.74, 6) is -0.0683. The summed E-state index contributed by atoms with van der Waals surface area (Å²) in [6.07, 6.45) is 3.63. The van der Waals surface area contributed by atoms with Crippen LogP contribution in [-0.4, -0.2) is 36.7 Å². The molecule has 0 aromatic heterocycles. The van der Waals surface area contributed by atoms with Gasteiger partial charge in [-0.05, 0) is 18.3 Å². The van der Waals surface area contributed by atoms with Gasteiger partial charge in [-0.1, -0.05) is 19.8 Å². The van der Waals surface area contributed by atoms with Gasteiger partial charge in [0.1, 0.15) is 13.2 Å². The van der Waals surface area contributed by atoms with E-state index in [1.54, 1.807) is 0 Å². The van der Waals surface area contributed by atoms with Crippen LogP contribution < -0.4 is 5.32 Å². The minimum absolute atomic E-state index is 0.173. The van der Waals surface area contributed by atoms with Crippen LogP contribution in [0.15, 0.2) is 0 Å². The first kappa shape index (κ1) is 13.0. The largest absolute Gasteiger partial charge is 0.480 e. The Labute approximate surface area is 95.2 Å². The van der Waals surface area contributed by atoms with Crippen LogP contribution in [0.2, 0.25) is 0 Å². The lowest BCUT2D eigenvalue weighted by Gasteiger charge is -2.15. The number of carboxylic acids is 1. The molecular formula is C11H19NO4. The maximum absolute atomic E-state index is 11.3. The Morgan fingerprint density at radius 1 is 1.38 bits per heavy atom. The summed E-state index contributed by atoms with van der Waals surface area (Å²) in [5, 5.41) is 11.1. The molecule has 5 nitrogen and oxygen atoms in total. The third-order valence-electron chi connectivity index (χ3n) is 3.06. The predicted molar refractivity (Wildman–Crippen MR) is 58.0 cm³/mol. The smallest absolute Gasteiger partial charge is 0.329 e. The SMILES string of the molecule is CC1CCCC1CNC(=O)COCC(=O)O. The van der Waals surface area contributed by atoms with Crippen molar-refractivity contribution in [3.8, 4) is 0 Å². The molecule has 0 aromatic carbocycles. The molecule has 1 aliphatic rings. The number of carbonyl (C=O) groups excluding carboxylic acids is 1. The fraction of sp³-hybridized carbons (Fsp3) is 0.818. The molecule has 0 aliphatic heterocycles. The van der Waals surface area contributed by atoms with E-state index in [9.17, 15) is 9.59 Å². The molecular weight excluding hydrogens is 210 g/mol. The number of carbonyl (C=O) groups is 2. The van der Waals surface area contributed by atoms with Gasteiger partial charge in [0, 0.05) is 6.54 Å². The van der Waals surface area contributed by atoms with Crippen molar-refractivity contribution >= 4 is 11.9 Å². The number of hydrogen-bond donors (Lipinski definition) is 2. The lowest BCUT2D eigenvalue weighted by Crippen LogP contribution is -2.33. The van der Waals surface area contributed by atoms with E-state index in [0.717, 1.165) is 6.42 Å². The van der Waals surface area contributed by atoms with Crippen LogP contribution in [0.1, 0.15) is 26.2 Å². The zero-order valence-corrected chi connectivity index (χ0v) is 9.57. The Balaban J connectivity index is 2.08. The van der Waals surface area contributed by atoms with E-state index in [1.807, 2.05) is 0 Å². The summed E-state index contributed by atoms with van der Waals surface area (Å²) < 4.78 is 4.69. The molecule has 92 valence electrons. The first-order chi connectivity index (χ1) is 7.59. The van der Waals surface area contributed by atoms with Crippen LogP contribution in [0.25, 0.3) is 0 Å². The zero-order chi connectivity index (χ0) is 12.0. The number of nitrogens with one attached hydrogen (secondary N) is 1. The van der Waals surface area contributed by atoms with E-state index in [2.05, 4.69) is 17.0 Å². The van der Waals surface area contributed by atoms with Crippen LogP contribution >= 0.6 is 0 Å². The quantitative estimate of drug-likeness (QED) is 0.701. The molecule has 0 spiro atoms. The second kappa shape index (κ2) is 6.48. The van der Waals surface area contributed by atoms with Crippen molar-refractivity contribution in [3.63, 3.8) is 0 Å². The van der Waals surface area contributed by atoms with E-state index in [4.69, 9.17) is 5.11 Å². The van der Waals surface area contributed by atoms with Gasteiger partial charge >= 0.3 is 5.97 Å². The van der Waals surface area contributed by atoms with E-state index in [1.165, 1.54) is 12.8 Å². The topological polar surface area (TPSA) is 75.6 Å². The van der Waals surface area contributed by atoms with Crippen molar-refractivity contribution in [1.29, 1.82) is 0 Å². The molecule has 0 bridgehead atoms. The monoisotopic (exact) mass is 229 g/mol. The van der Waals surface area contributed by atoms with Crippen molar-refractivity contribution in [3.05, 3.63) is 0 Å². The highest BCUT2D eigenvalue weighted by atomic mass is 16.5. The van der Waals surface area contributed by atoms with Crippen LogP contribution in [0, 0.1) is 11.8 Å². The third-order valence-corrected chi connectivity index (χ3v) is 3.06. The maximum Gasteiger partial charge on any atom is 0.329 e. The molecule has 0 aromatic rings. The summed E-state index contributed by atoms with van der Waals surface area (Å²) in [7, 11) is 0. The molecule has 5 heteroatoms. The summed E-state index contributed by atoms with van der Waals surface area (Å²) in [5.41, 5.74) is 0. The lowest BCUT2D eigenvalue weighted by molar-refractivity contribution is -0.143. The minimum Gasteiger partial charge on any atom is -0.480 e. The fourth-order valence-electron chi connectivity index (χ4n) is 2.05. The molecule has 1 saturated carbocycles. The van der Waals surface area contributed by atoms with E-state index < -0.39 is 12.6 Å². The summed E-state index contributed by atoms with van der Waals surface area (Å²) in [4.78, 5) is 21.4. The summed E-state index contributed by atoms with van der Waals surface area (Å²) in [6, 6.07) is 0. The average Bonchev–Trinajstić information content (AvgIpc) is 2.60. The minimum atomic E-state index is -1.06. The third kappa shape index (κ3) is 4.61. The first-order valence-corrected chi connectivity index (χ1v) is 5.66. The van der Waals surface area contributed by atoms with Gasteiger partial charge in [-0.3, -0.25) is 4.79 Å². The van der Waals surface area contributed by atoms with Crippen molar-refractivity contribution < 1.29 is 19.4 Å². The van der Waals surface area contributed by atoms with Crippen LogP contribution in [0.3, 0.4) is 0 Å².